The standard InChI is InChI=1S/C11H21N/c1-9-5-3-4-6-11(9)7-10(11)8-12-2/h9-10,12H,3-8H2,1-2H3. The van der Waals surface area contributed by atoms with E-state index in [2.05, 4.69) is 19.3 Å². The molecule has 0 aromatic heterocycles. The second-order valence-corrected chi connectivity index (χ2v) is 4.84. The number of nitrogens with one attached hydrogen (secondary N) is 1. The molecule has 70 valence electrons. The van der Waals surface area contributed by atoms with Gasteiger partial charge < -0.3 is 5.32 Å². The van der Waals surface area contributed by atoms with Crippen molar-refractivity contribution in [1.29, 1.82) is 0 Å². The molecule has 12 heavy (non-hydrogen) atoms. The third-order valence-corrected chi connectivity index (χ3v) is 4.24. The molecule has 0 heterocycles. The van der Waals surface area contributed by atoms with E-state index in [0.717, 1.165) is 17.3 Å². The lowest BCUT2D eigenvalue weighted by atomic mass is 9.76. The van der Waals surface area contributed by atoms with Gasteiger partial charge in [-0.1, -0.05) is 26.2 Å². The number of rotatable bonds is 2. The zero-order valence-corrected chi connectivity index (χ0v) is 8.40. The molecule has 3 atom stereocenters. The molecular formula is C11H21N. The van der Waals surface area contributed by atoms with Crippen LogP contribution >= 0.6 is 0 Å². The van der Waals surface area contributed by atoms with Crippen molar-refractivity contribution >= 4 is 0 Å². The fraction of sp³-hybridized carbons (Fsp3) is 1.00. The van der Waals surface area contributed by atoms with E-state index in [1.807, 2.05) is 0 Å². The quantitative estimate of drug-likeness (QED) is 0.666. The molecule has 0 radical (unpaired) electrons. The molecule has 1 heteroatoms. The molecular weight excluding hydrogens is 146 g/mol. The second kappa shape index (κ2) is 3.02. The minimum Gasteiger partial charge on any atom is -0.319 e. The van der Waals surface area contributed by atoms with Gasteiger partial charge in [0.1, 0.15) is 0 Å². The summed E-state index contributed by atoms with van der Waals surface area (Å²) in [4.78, 5) is 0. The summed E-state index contributed by atoms with van der Waals surface area (Å²) in [7, 11) is 2.08. The molecule has 2 rings (SSSR count). The van der Waals surface area contributed by atoms with Crippen LogP contribution in [-0.2, 0) is 0 Å². The van der Waals surface area contributed by atoms with Gasteiger partial charge in [-0.2, -0.15) is 0 Å². The van der Waals surface area contributed by atoms with Gasteiger partial charge in [0.2, 0.25) is 0 Å². The van der Waals surface area contributed by atoms with E-state index in [1.54, 1.807) is 0 Å². The topological polar surface area (TPSA) is 12.0 Å². The molecule has 2 saturated carbocycles. The van der Waals surface area contributed by atoms with Crippen molar-refractivity contribution in [3.8, 4) is 0 Å². The summed E-state index contributed by atoms with van der Waals surface area (Å²) < 4.78 is 0. The summed E-state index contributed by atoms with van der Waals surface area (Å²) in [6.45, 7) is 3.72. The van der Waals surface area contributed by atoms with Crippen molar-refractivity contribution in [2.45, 2.75) is 39.0 Å². The van der Waals surface area contributed by atoms with E-state index in [0.29, 0.717) is 0 Å². The van der Waals surface area contributed by atoms with Gasteiger partial charge in [0.15, 0.2) is 0 Å². The van der Waals surface area contributed by atoms with Crippen LogP contribution in [-0.4, -0.2) is 13.6 Å². The van der Waals surface area contributed by atoms with E-state index in [1.165, 1.54) is 38.6 Å². The van der Waals surface area contributed by atoms with Gasteiger partial charge in [-0.25, -0.2) is 0 Å². The Morgan fingerprint density at radius 2 is 2.25 bits per heavy atom. The Hall–Kier alpha value is -0.0400. The predicted octanol–water partition coefficient (Wildman–Crippen LogP) is 2.42. The Morgan fingerprint density at radius 1 is 1.42 bits per heavy atom. The first-order chi connectivity index (χ1) is 5.79. The van der Waals surface area contributed by atoms with Crippen molar-refractivity contribution < 1.29 is 0 Å². The molecule has 2 aliphatic rings. The molecule has 0 aromatic rings. The Labute approximate surface area is 75.9 Å². The summed E-state index contributed by atoms with van der Waals surface area (Å²) in [5.41, 5.74) is 0.793. The molecule has 1 nitrogen and oxygen atoms in total. The third-order valence-electron chi connectivity index (χ3n) is 4.24. The van der Waals surface area contributed by atoms with Crippen molar-refractivity contribution in [2.75, 3.05) is 13.6 Å². The number of hydrogen-bond acceptors (Lipinski definition) is 1. The van der Waals surface area contributed by atoms with Crippen molar-refractivity contribution in [3.05, 3.63) is 0 Å². The Morgan fingerprint density at radius 3 is 2.92 bits per heavy atom. The summed E-state index contributed by atoms with van der Waals surface area (Å²) >= 11 is 0. The summed E-state index contributed by atoms with van der Waals surface area (Å²) in [5.74, 6) is 2.02. The lowest BCUT2D eigenvalue weighted by molar-refractivity contribution is 0.209. The van der Waals surface area contributed by atoms with Crippen LogP contribution in [0, 0.1) is 17.3 Å². The van der Waals surface area contributed by atoms with Gasteiger partial charge in [-0.3, -0.25) is 0 Å². The predicted molar refractivity (Wildman–Crippen MR) is 52.1 cm³/mol. The van der Waals surface area contributed by atoms with Gasteiger partial charge >= 0.3 is 0 Å². The van der Waals surface area contributed by atoms with E-state index >= 15 is 0 Å². The SMILES string of the molecule is CNCC1CC12CCCCC2C. The molecule has 0 aliphatic heterocycles. The van der Waals surface area contributed by atoms with Crippen molar-refractivity contribution in [1.82, 2.24) is 5.32 Å². The molecule has 2 fully saturated rings. The maximum Gasteiger partial charge on any atom is -0.00179 e. The molecule has 1 N–H and O–H groups in total. The molecule has 0 saturated heterocycles. The Kier molecular flexibility index (Phi) is 2.16. The van der Waals surface area contributed by atoms with Crippen LogP contribution in [0.5, 0.6) is 0 Å². The minimum absolute atomic E-state index is 0.793. The highest BCUT2D eigenvalue weighted by molar-refractivity contribution is 5.06. The second-order valence-electron chi connectivity index (χ2n) is 4.84. The summed E-state index contributed by atoms with van der Waals surface area (Å²) in [6, 6.07) is 0. The smallest absolute Gasteiger partial charge is 0.00179 e. The van der Waals surface area contributed by atoms with Crippen LogP contribution < -0.4 is 5.32 Å². The third kappa shape index (κ3) is 1.19. The molecule has 3 unspecified atom stereocenters. The highest BCUT2D eigenvalue weighted by Gasteiger charge is 2.56. The van der Waals surface area contributed by atoms with Crippen LogP contribution in [0.2, 0.25) is 0 Å². The van der Waals surface area contributed by atoms with Gasteiger partial charge in [-0.15, -0.1) is 0 Å². The maximum absolute atomic E-state index is 3.32. The molecule has 0 aromatic carbocycles. The first kappa shape index (κ1) is 8.55. The van der Waals surface area contributed by atoms with Crippen LogP contribution in [0.15, 0.2) is 0 Å². The molecule has 0 bridgehead atoms. The van der Waals surface area contributed by atoms with Crippen LogP contribution in [0.25, 0.3) is 0 Å². The van der Waals surface area contributed by atoms with Gasteiger partial charge in [0, 0.05) is 0 Å². The summed E-state index contributed by atoms with van der Waals surface area (Å²) in [6.07, 6.45) is 7.48. The fourth-order valence-electron chi connectivity index (χ4n) is 3.27. The van der Waals surface area contributed by atoms with E-state index in [4.69, 9.17) is 0 Å². The minimum atomic E-state index is 0.793. The zero-order chi connectivity index (χ0) is 8.60. The van der Waals surface area contributed by atoms with Crippen molar-refractivity contribution in [2.24, 2.45) is 17.3 Å². The highest BCUT2D eigenvalue weighted by atomic mass is 14.8. The largest absolute Gasteiger partial charge is 0.319 e. The molecule has 1 spiro atoms. The van der Waals surface area contributed by atoms with Crippen LogP contribution in [0.1, 0.15) is 39.0 Å². The Balaban J connectivity index is 1.94. The van der Waals surface area contributed by atoms with Crippen molar-refractivity contribution in [3.63, 3.8) is 0 Å². The van der Waals surface area contributed by atoms with Crippen LogP contribution in [0.3, 0.4) is 0 Å². The van der Waals surface area contributed by atoms with Crippen LogP contribution in [0.4, 0.5) is 0 Å². The Bertz CT molecular complexity index is 166. The monoisotopic (exact) mass is 167 g/mol. The van der Waals surface area contributed by atoms with E-state index in [9.17, 15) is 0 Å². The van der Waals surface area contributed by atoms with E-state index in [-0.39, 0.29) is 0 Å². The summed E-state index contributed by atoms with van der Waals surface area (Å²) in [5, 5.41) is 3.32. The highest BCUT2D eigenvalue weighted by Crippen LogP contribution is 2.63. The van der Waals surface area contributed by atoms with Gasteiger partial charge in [-0.05, 0) is 43.7 Å². The van der Waals surface area contributed by atoms with Gasteiger partial charge in [0.25, 0.3) is 0 Å². The average Bonchev–Trinajstić information content (AvgIpc) is 2.73. The zero-order valence-electron chi connectivity index (χ0n) is 8.40. The average molecular weight is 167 g/mol. The van der Waals surface area contributed by atoms with E-state index < -0.39 is 0 Å². The first-order valence-electron chi connectivity index (χ1n) is 5.44. The normalized spacial score (nSPS) is 46.5. The lowest BCUT2D eigenvalue weighted by Gasteiger charge is -2.30. The molecule has 2 aliphatic carbocycles. The van der Waals surface area contributed by atoms with Gasteiger partial charge in [0.05, 0.1) is 0 Å². The fourth-order valence-corrected chi connectivity index (χ4v) is 3.27. The lowest BCUT2D eigenvalue weighted by Crippen LogP contribution is -2.23. The number of hydrogen-bond donors (Lipinski definition) is 1. The molecule has 0 amide bonds. The maximum atomic E-state index is 3.32. The first-order valence-corrected chi connectivity index (χ1v) is 5.44.